The summed E-state index contributed by atoms with van der Waals surface area (Å²) in [6.07, 6.45) is 0.965. The standard InChI is InChI=1S/C12H11F3N2O/c1-2-3-7(6-16)12(18)17-8-4-9(13)11(15)10(14)5-8/h4-5,7H,2-3H2,1H3,(H,17,18). The van der Waals surface area contributed by atoms with Gasteiger partial charge in [0.2, 0.25) is 5.91 Å². The molecule has 1 aromatic carbocycles. The van der Waals surface area contributed by atoms with Crippen LogP contribution in [0.2, 0.25) is 0 Å². The molecule has 1 rings (SSSR count). The molecule has 0 radical (unpaired) electrons. The first-order valence-electron chi connectivity index (χ1n) is 5.34. The van der Waals surface area contributed by atoms with E-state index in [2.05, 4.69) is 5.32 Å². The van der Waals surface area contributed by atoms with E-state index in [-0.39, 0.29) is 5.69 Å². The molecule has 0 saturated carbocycles. The molecule has 1 unspecified atom stereocenters. The van der Waals surface area contributed by atoms with Crippen molar-refractivity contribution in [2.45, 2.75) is 19.8 Å². The second-order valence-corrected chi connectivity index (χ2v) is 3.71. The maximum atomic E-state index is 12.9. The smallest absolute Gasteiger partial charge is 0.241 e. The van der Waals surface area contributed by atoms with Crippen LogP contribution in [0.25, 0.3) is 0 Å². The molecule has 0 aliphatic carbocycles. The third-order valence-electron chi connectivity index (χ3n) is 2.30. The van der Waals surface area contributed by atoms with Crippen LogP contribution in [-0.2, 0) is 4.79 Å². The zero-order valence-electron chi connectivity index (χ0n) is 9.64. The number of hydrogen-bond donors (Lipinski definition) is 1. The van der Waals surface area contributed by atoms with E-state index in [1.807, 2.05) is 0 Å². The molecule has 1 N–H and O–H groups in total. The number of nitrogens with zero attached hydrogens (tertiary/aromatic N) is 1. The minimum atomic E-state index is -1.60. The Balaban J connectivity index is 2.85. The minimum absolute atomic E-state index is 0.215. The molecular weight excluding hydrogens is 245 g/mol. The van der Waals surface area contributed by atoms with Crippen molar-refractivity contribution in [1.29, 1.82) is 5.26 Å². The third kappa shape index (κ3) is 3.23. The first-order chi connectivity index (χ1) is 8.49. The van der Waals surface area contributed by atoms with Crippen LogP contribution in [0.3, 0.4) is 0 Å². The summed E-state index contributed by atoms with van der Waals surface area (Å²) in [5.74, 6) is -5.95. The Morgan fingerprint density at radius 3 is 2.39 bits per heavy atom. The number of hydrogen-bond acceptors (Lipinski definition) is 2. The summed E-state index contributed by atoms with van der Waals surface area (Å²) in [6, 6.07) is 3.12. The van der Waals surface area contributed by atoms with Gasteiger partial charge >= 0.3 is 0 Å². The van der Waals surface area contributed by atoms with Crippen molar-refractivity contribution in [3.05, 3.63) is 29.6 Å². The van der Waals surface area contributed by atoms with Gasteiger partial charge in [-0.05, 0) is 6.42 Å². The fourth-order valence-electron chi connectivity index (χ4n) is 1.40. The van der Waals surface area contributed by atoms with Crippen LogP contribution in [0.5, 0.6) is 0 Å². The molecule has 0 bridgehead atoms. The van der Waals surface area contributed by atoms with E-state index < -0.39 is 29.3 Å². The number of halogens is 3. The molecule has 0 aliphatic heterocycles. The van der Waals surface area contributed by atoms with Gasteiger partial charge in [0.05, 0.1) is 6.07 Å². The number of anilines is 1. The lowest BCUT2D eigenvalue weighted by atomic mass is 10.0. The molecular formula is C12H11F3N2O. The molecule has 0 aromatic heterocycles. The number of carbonyl (C=O) groups is 1. The van der Waals surface area contributed by atoms with Crippen LogP contribution in [-0.4, -0.2) is 5.91 Å². The predicted molar refractivity (Wildman–Crippen MR) is 59.0 cm³/mol. The van der Waals surface area contributed by atoms with Crippen molar-refractivity contribution < 1.29 is 18.0 Å². The summed E-state index contributed by atoms with van der Waals surface area (Å²) in [6.45, 7) is 1.80. The van der Waals surface area contributed by atoms with Crippen molar-refractivity contribution in [2.24, 2.45) is 5.92 Å². The van der Waals surface area contributed by atoms with Gasteiger partial charge < -0.3 is 5.32 Å². The van der Waals surface area contributed by atoms with E-state index in [1.165, 1.54) is 0 Å². The number of nitrogens with one attached hydrogen (secondary N) is 1. The van der Waals surface area contributed by atoms with Crippen LogP contribution >= 0.6 is 0 Å². The first-order valence-corrected chi connectivity index (χ1v) is 5.34. The van der Waals surface area contributed by atoms with E-state index >= 15 is 0 Å². The summed E-state index contributed by atoms with van der Waals surface area (Å²) < 4.78 is 38.5. The van der Waals surface area contributed by atoms with Gasteiger partial charge in [0, 0.05) is 17.8 Å². The lowest BCUT2D eigenvalue weighted by Gasteiger charge is -2.09. The molecule has 18 heavy (non-hydrogen) atoms. The van der Waals surface area contributed by atoms with Gasteiger partial charge in [-0.25, -0.2) is 13.2 Å². The zero-order chi connectivity index (χ0) is 13.7. The molecule has 1 atom stereocenters. The molecule has 0 spiro atoms. The monoisotopic (exact) mass is 256 g/mol. The van der Waals surface area contributed by atoms with E-state index in [9.17, 15) is 18.0 Å². The summed E-state index contributed by atoms with van der Waals surface area (Å²) in [4.78, 5) is 11.6. The zero-order valence-corrected chi connectivity index (χ0v) is 9.64. The third-order valence-corrected chi connectivity index (χ3v) is 2.30. The molecule has 1 amide bonds. The molecule has 0 aliphatic rings. The highest BCUT2D eigenvalue weighted by atomic mass is 19.2. The minimum Gasteiger partial charge on any atom is -0.325 e. The van der Waals surface area contributed by atoms with Crippen LogP contribution in [0, 0.1) is 34.7 Å². The fraction of sp³-hybridized carbons (Fsp3) is 0.333. The lowest BCUT2D eigenvalue weighted by molar-refractivity contribution is -0.118. The maximum Gasteiger partial charge on any atom is 0.241 e. The lowest BCUT2D eigenvalue weighted by Crippen LogP contribution is -2.21. The highest BCUT2D eigenvalue weighted by Crippen LogP contribution is 2.18. The Kier molecular flexibility index (Phi) is 4.72. The molecule has 96 valence electrons. The molecule has 0 fully saturated rings. The summed E-state index contributed by atoms with van der Waals surface area (Å²) >= 11 is 0. The summed E-state index contributed by atoms with van der Waals surface area (Å²) in [5.41, 5.74) is -0.215. The van der Waals surface area contributed by atoms with Gasteiger partial charge in [0.1, 0.15) is 5.92 Å². The number of rotatable bonds is 4. The maximum absolute atomic E-state index is 12.9. The highest BCUT2D eigenvalue weighted by molar-refractivity contribution is 5.94. The number of amides is 1. The molecule has 0 saturated heterocycles. The van der Waals surface area contributed by atoms with Crippen molar-refractivity contribution in [1.82, 2.24) is 0 Å². The quantitative estimate of drug-likeness (QED) is 0.842. The van der Waals surface area contributed by atoms with E-state index in [1.54, 1.807) is 13.0 Å². The average Bonchev–Trinajstić information content (AvgIpc) is 2.32. The van der Waals surface area contributed by atoms with E-state index in [4.69, 9.17) is 5.26 Å². The summed E-state index contributed by atoms with van der Waals surface area (Å²) in [7, 11) is 0. The molecule has 0 heterocycles. The van der Waals surface area contributed by atoms with Gasteiger partial charge in [0.15, 0.2) is 17.5 Å². The number of benzene rings is 1. The van der Waals surface area contributed by atoms with Gasteiger partial charge in [-0.2, -0.15) is 5.26 Å². The number of nitriles is 1. The van der Waals surface area contributed by atoms with Crippen LogP contribution < -0.4 is 5.32 Å². The van der Waals surface area contributed by atoms with Gasteiger partial charge in [-0.15, -0.1) is 0 Å². The molecule has 3 nitrogen and oxygen atoms in total. The summed E-state index contributed by atoms with van der Waals surface area (Å²) in [5, 5.41) is 10.9. The van der Waals surface area contributed by atoms with Gasteiger partial charge in [-0.1, -0.05) is 13.3 Å². The van der Waals surface area contributed by atoms with E-state index in [0.29, 0.717) is 25.0 Å². The SMILES string of the molecule is CCCC(C#N)C(=O)Nc1cc(F)c(F)c(F)c1. The normalized spacial score (nSPS) is 11.7. The fourth-order valence-corrected chi connectivity index (χ4v) is 1.40. The highest BCUT2D eigenvalue weighted by Gasteiger charge is 2.18. The van der Waals surface area contributed by atoms with Crippen molar-refractivity contribution >= 4 is 11.6 Å². The van der Waals surface area contributed by atoms with Gasteiger partial charge in [0.25, 0.3) is 0 Å². The van der Waals surface area contributed by atoms with E-state index in [0.717, 1.165) is 0 Å². The van der Waals surface area contributed by atoms with Crippen molar-refractivity contribution in [3.8, 4) is 6.07 Å². The Morgan fingerprint density at radius 1 is 1.39 bits per heavy atom. The van der Waals surface area contributed by atoms with Crippen LogP contribution in [0.4, 0.5) is 18.9 Å². The van der Waals surface area contributed by atoms with Crippen molar-refractivity contribution in [2.75, 3.05) is 5.32 Å². The Bertz CT molecular complexity index is 474. The second kappa shape index (κ2) is 6.05. The second-order valence-electron chi connectivity index (χ2n) is 3.71. The molecule has 6 heteroatoms. The molecule has 1 aromatic rings. The topological polar surface area (TPSA) is 52.9 Å². The largest absolute Gasteiger partial charge is 0.325 e. The Hall–Kier alpha value is -2.03. The van der Waals surface area contributed by atoms with Crippen LogP contribution in [0.1, 0.15) is 19.8 Å². The predicted octanol–water partition coefficient (Wildman–Crippen LogP) is 2.98. The van der Waals surface area contributed by atoms with Crippen LogP contribution in [0.15, 0.2) is 12.1 Å². The first kappa shape index (κ1) is 14.0. The average molecular weight is 256 g/mol. The number of carbonyl (C=O) groups excluding carboxylic acids is 1. The Morgan fingerprint density at radius 2 is 1.94 bits per heavy atom. The Labute approximate surface area is 102 Å². The van der Waals surface area contributed by atoms with Gasteiger partial charge in [-0.3, -0.25) is 4.79 Å². The van der Waals surface area contributed by atoms with Crippen molar-refractivity contribution in [3.63, 3.8) is 0 Å².